The lowest BCUT2D eigenvalue weighted by molar-refractivity contribution is -0.131. The third-order valence-electron chi connectivity index (χ3n) is 5.57. The maximum absolute atomic E-state index is 12.2. The predicted octanol–water partition coefficient (Wildman–Crippen LogP) is 3.87. The zero-order valence-corrected chi connectivity index (χ0v) is 16.3. The summed E-state index contributed by atoms with van der Waals surface area (Å²) in [5, 5.41) is 29.4. The van der Waals surface area contributed by atoms with Crippen molar-refractivity contribution in [2.45, 2.75) is 96.2 Å². The Morgan fingerprint density at radius 1 is 1.19 bits per heavy atom. The second-order valence-corrected chi connectivity index (χ2v) is 8.03. The van der Waals surface area contributed by atoms with Crippen LogP contribution in [0.5, 0.6) is 0 Å². The van der Waals surface area contributed by atoms with Gasteiger partial charge in [-0.1, -0.05) is 38.7 Å². The Labute approximate surface area is 157 Å². The molecule has 0 saturated heterocycles. The first kappa shape index (κ1) is 22.8. The largest absolute Gasteiger partial charge is 0.478 e. The second kappa shape index (κ2) is 11.5. The number of allylic oxidation sites excluding steroid dienone is 1. The molecule has 5 heteroatoms. The average molecular weight is 369 g/mol. The average Bonchev–Trinajstić information content (AvgIpc) is 2.82. The number of Topliss-reactive ketones (excluding diaryl/α,β-unsaturated/α-hetero) is 1. The summed E-state index contributed by atoms with van der Waals surface area (Å²) in [5.41, 5.74) is -0.729. The SMILES string of the molecule is CCCCCC(C)(O)CC[C@H]1[C@H](O)CC(=O)[C@@H]1CCCCC=CC(=O)O. The fraction of sp³-hybridized carbons (Fsp3) is 0.810. The van der Waals surface area contributed by atoms with Gasteiger partial charge in [0, 0.05) is 18.4 Å². The number of aliphatic hydroxyl groups is 2. The van der Waals surface area contributed by atoms with Crippen LogP contribution in [0.2, 0.25) is 0 Å². The molecule has 1 aliphatic rings. The third-order valence-corrected chi connectivity index (χ3v) is 5.57. The lowest BCUT2D eigenvalue weighted by Crippen LogP contribution is -2.28. The molecule has 0 aromatic carbocycles. The Morgan fingerprint density at radius 2 is 1.92 bits per heavy atom. The van der Waals surface area contributed by atoms with E-state index in [1.807, 2.05) is 6.92 Å². The fourth-order valence-electron chi connectivity index (χ4n) is 3.95. The van der Waals surface area contributed by atoms with Crippen LogP contribution in [-0.2, 0) is 9.59 Å². The highest BCUT2D eigenvalue weighted by Crippen LogP contribution is 2.38. The highest BCUT2D eigenvalue weighted by molar-refractivity contribution is 5.84. The van der Waals surface area contributed by atoms with E-state index < -0.39 is 17.7 Å². The van der Waals surface area contributed by atoms with E-state index in [4.69, 9.17) is 5.11 Å². The Morgan fingerprint density at radius 3 is 2.58 bits per heavy atom. The molecule has 1 fully saturated rings. The van der Waals surface area contributed by atoms with E-state index in [1.54, 1.807) is 6.08 Å². The highest BCUT2D eigenvalue weighted by Gasteiger charge is 2.41. The van der Waals surface area contributed by atoms with Gasteiger partial charge < -0.3 is 15.3 Å². The first-order valence-electron chi connectivity index (χ1n) is 10.1. The number of carboxylic acids is 1. The zero-order chi connectivity index (χ0) is 19.6. The minimum absolute atomic E-state index is 0.0605. The van der Waals surface area contributed by atoms with Gasteiger partial charge in [-0.2, -0.15) is 0 Å². The third kappa shape index (κ3) is 8.45. The van der Waals surface area contributed by atoms with E-state index in [1.165, 1.54) is 0 Å². The molecule has 3 N–H and O–H groups in total. The molecule has 0 heterocycles. The van der Waals surface area contributed by atoms with Crippen LogP contribution >= 0.6 is 0 Å². The van der Waals surface area contributed by atoms with Crippen molar-refractivity contribution in [3.05, 3.63) is 12.2 Å². The van der Waals surface area contributed by atoms with Crippen molar-refractivity contribution in [3.8, 4) is 0 Å². The van der Waals surface area contributed by atoms with Crippen LogP contribution < -0.4 is 0 Å². The van der Waals surface area contributed by atoms with Crippen LogP contribution in [-0.4, -0.2) is 38.8 Å². The number of carbonyl (C=O) groups excluding carboxylic acids is 1. The topological polar surface area (TPSA) is 94.8 Å². The van der Waals surface area contributed by atoms with E-state index in [-0.39, 0.29) is 24.0 Å². The summed E-state index contributed by atoms with van der Waals surface area (Å²) < 4.78 is 0. The van der Waals surface area contributed by atoms with Crippen molar-refractivity contribution >= 4 is 11.8 Å². The molecular formula is C21H36O5. The molecule has 4 atom stereocenters. The van der Waals surface area contributed by atoms with Crippen molar-refractivity contribution in [1.29, 1.82) is 0 Å². The molecule has 5 nitrogen and oxygen atoms in total. The number of carboxylic acid groups (broad SMARTS) is 1. The quantitative estimate of drug-likeness (QED) is 0.339. The van der Waals surface area contributed by atoms with E-state index >= 15 is 0 Å². The molecule has 0 bridgehead atoms. The van der Waals surface area contributed by atoms with Gasteiger partial charge in [-0.3, -0.25) is 4.79 Å². The van der Waals surface area contributed by atoms with Crippen molar-refractivity contribution in [3.63, 3.8) is 0 Å². The molecule has 0 radical (unpaired) electrons. The number of ketones is 1. The Kier molecular flexibility index (Phi) is 10.1. The molecule has 1 saturated carbocycles. The van der Waals surface area contributed by atoms with Crippen molar-refractivity contribution < 1.29 is 24.9 Å². The lowest BCUT2D eigenvalue weighted by atomic mass is 9.82. The molecule has 26 heavy (non-hydrogen) atoms. The van der Waals surface area contributed by atoms with Gasteiger partial charge in [0.05, 0.1) is 11.7 Å². The number of hydrogen-bond acceptors (Lipinski definition) is 4. The zero-order valence-electron chi connectivity index (χ0n) is 16.3. The highest BCUT2D eigenvalue weighted by atomic mass is 16.4. The molecule has 0 aliphatic heterocycles. The number of aliphatic hydroxyl groups excluding tert-OH is 1. The fourth-order valence-corrected chi connectivity index (χ4v) is 3.95. The number of carbonyl (C=O) groups is 2. The summed E-state index contributed by atoms with van der Waals surface area (Å²) in [6, 6.07) is 0. The van der Waals surface area contributed by atoms with Crippen LogP contribution in [0.25, 0.3) is 0 Å². The van der Waals surface area contributed by atoms with E-state index in [0.29, 0.717) is 19.3 Å². The molecule has 0 amide bonds. The van der Waals surface area contributed by atoms with Crippen molar-refractivity contribution in [1.82, 2.24) is 0 Å². The van der Waals surface area contributed by atoms with E-state index in [9.17, 15) is 19.8 Å². The van der Waals surface area contributed by atoms with Crippen LogP contribution in [0.15, 0.2) is 12.2 Å². The van der Waals surface area contributed by atoms with Crippen LogP contribution in [0, 0.1) is 11.8 Å². The summed E-state index contributed by atoms with van der Waals surface area (Å²) in [5.74, 6) is -0.992. The molecule has 1 unspecified atom stereocenters. The van der Waals surface area contributed by atoms with Gasteiger partial charge in [0.15, 0.2) is 0 Å². The van der Waals surface area contributed by atoms with Gasteiger partial charge >= 0.3 is 5.97 Å². The molecular weight excluding hydrogens is 332 g/mol. The van der Waals surface area contributed by atoms with Gasteiger partial charge in [-0.15, -0.1) is 0 Å². The summed E-state index contributed by atoms with van der Waals surface area (Å²) in [4.78, 5) is 22.6. The number of aliphatic carboxylic acids is 1. The number of unbranched alkanes of at least 4 members (excludes halogenated alkanes) is 4. The standard InChI is InChI=1S/C21H36O5/c1-3-4-9-13-21(2,26)14-12-17-16(18(22)15-19(17)23)10-7-5-6-8-11-20(24)25/h8,11,16-17,19,23,26H,3-7,9-10,12-15H2,1-2H3,(H,24,25)/t16-,17-,19-,21?/m1/s1. The normalized spacial score (nSPS) is 25.7. The smallest absolute Gasteiger partial charge is 0.327 e. The Hall–Kier alpha value is -1.20. The second-order valence-electron chi connectivity index (χ2n) is 8.03. The van der Waals surface area contributed by atoms with Crippen LogP contribution in [0.4, 0.5) is 0 Å². The molecule has 0 spiro atoms. The maximum Gasteiger partial charge on any atom is 0.327 e. The molecule has 0 aromatic heterocycles. The van der Waals surface area contributed by atoms with Gasteiger partial charge in [-0.05, 0) is 51.4 Å². The van der Waals surface area contributed by atoms with Crippen LogP contribution in [0.3, 0.4) is 0 Å². The Bertz CT molecular complexity index is 469. The molecule has 150 valence electrons. The number of rotatable bonds is 13. The minimum atomic E-state index is -0.940. The summed E-state index contributed by atoms with van der Waals surface area (Å²) in [6.45, 7) is 3.99. The summed E-state index contributed by atoms with van der Waals surface area (Å²) in [6.07, 6.45) is 10.8. The molecule has 0 aromatic rings. The van der Waals surface area contributed by atoms with Crippen molar-refractivity contribution in [2.24, 2.45) is 11.8 Å². The monoisotopic (exact) mass is 368 g/mol. The minimum Gasteiger partial charge on any atom is -0.478 e. The van der Waals surface area contributed by atoms with E-state index in [2.05, 4.69) is 6.92 Å². The van der Waals surface area contributed by atoms with Gasteiger partial charge in [-0.25, -0.2) is 4.79 Å². The Balaban J connectivity index is 2.43. The summed E-state index contributed by atoms with van der Waals surface area (Å²) in [7, 11) is 0. The predicted molar refractivity (Wildman–Crippen MR) is 102 cm³/mol. The first-order chi connectivity index (χ1) is 12.3. The van der Waals surface area contributed by atoms with Crippen molar-refractivity contribution in [2.75, 3.05) is 0 Å². The first-order valence-corrected chi connectivity index (χ1v) is 10.1. The molecule has 1 rings (SSSR count). The van der Waals surface area contributed by atoms with E-state index in [0.717, 1.165) is 51.0 Å². The molecule has 1 aliphatic carbocycles. The summed E-state index contributed by atoms with van der Waals surface area (Å²) >= 11 is 0. The van der Waals surface area contributed by atoms with Gasteiger partial charge in [0.2, 0.25) is 0 Å². The van der Waals surface area contributed by atoms with Gasteiger partial charge in [0.1, 0.15) is 5.78 Å². The van der Waals surface area contributed by atoms with Crippen LogP contribution in [0.1, 0.15) is 84.5 Å². The lowest BCUT2D eigenvalue weighted by Gasteiger charge is -2.28. The van der Waals surface area contributed by atoms with Gasteiger partial charge in [0.25, 0.3) is 0 Å². The maximum atomic E-state index is 12.2. The number of hydrogen-bond donors (Lipinski definition) is 3.